The van der Waals surface area contributed by atoms with E-state index in [4.69, 9.17) is 4.74 Å². The number of amides is 2. The monoisotopic (exact) mass is 402 g/mol. The van der Waals surface area contributed by atoms with Crippen LogP contribution in [-0.4, -0.2) is 41.2 Å². The lowest BCUT2D eigenvalue weighted by atomic mass is 9.85. The number of ether oxygens (including phenoxy) is 1. The lowest BCUT2D eigenvalue weighted by molar-refractivity contribution is -0.138. The number of carbonyl (C=O) groups is 2. The lowest BCUT2D eigenvalue weighted by Gasteiger charge is -2.33. The summed E-state index contributed by atoms with van der Waals surface area (Å²) in [5.74, 6) is 1.22. The number of rotatable bonds is 5. The Labute approximate surface area is 175 Å². The van der Waals surface area contributed by atoms with Crippen LogP contribution in [0.25, 0.3) is 0 Å². The molecule has 4 rings (SSSR count). The number of carbonyl (C=O) groups excluding carboxylic acids is 2. The van der Waals surface area contributed by atoms with E-state index in [-0.39, 0.29) is 24.0 Å². The first-order valence-corrected chi connectivity index (χ1v) is 12.2. The van der Waals surface area contributed by atoms with Gasteiger partial charge in [-0.15, -0.1) is 0 Å². The summed E-state index contributed by atoms with van der Waals surface area (Å²) in [4.78, 5) is 26.1. The summed E-state index contributed by atoms with van der Waals surface area (Å²) < 4.78 is 5.76. The Morgan fingerprint density at radius 3 is 2.31 bits per heavy atom. The summed E-state index contributed by atoms with van der Waals surface area (Å²) in [6.07, 6.45) is 20.7. The molecule has 29 heavy (non-hydrogen) atoms. The first kappa shape index (κ1) is 20.7. The summed E-state index contributed by atoms with van der Waals surface area (Å²) >= 11 is 0. The van der Waals surface area contributed by atoms with E-state index in [1.807, 2.05) is 0 Å². The first-order chi connectivity index (χ1) is 14.2. The van der Waals surface area contributed by atoms with Crippen molar-refractivity contribution in [1.82, 2.24) is 10.0 Å². The van der Waals surface area contributed by atoms with E-state index in [1.165, 1.54) is 51.4 Å². The third-order valence-corrected chi connectivity index (χ3v) is 7.57. The van der Waals surface area contributed by atoms with Crippen molar-refractivity contribution in [2.75, 3.05) is 13.2 Å². The summed E-state index contributed by atoms with van der Waals surface area (Å²) in [5, 5.41) is 3.39. The van der Waals surface area contributed by atoms with Gasteiger partial charge in [-0.2, -0.15) is 0 Å². The van der Waals surface area contributed by atoms with Gasteiger partial charge in [0.15, 0.2) is 0 Å². The second-order valence-corrected chi connectivity index (χ2v) is 9.63. The van der Waals surface area contributed by atoms with E-state index >= 15 is 0 Å². The maximum Gasteiger partial charge on any atom is 0.429 e. The fourth-order valence-electron chi connectivity index (χ4n) is 5.87. The Bertz CT molecular complexity index is 593. The van der Waals surface area contributed by atoms with Crippen molar-refractivity contribution in [1.29, 1.82) is 0 Å². The summed E-state index contributed by atoms with van der Waals surface area (Å²) in [7, 11) is 0. The molecule has 1 heterocycles. The van der Waals surface area contributed by atoms with E-state index in [1.54, 1.807) is 10.0 Å². The molecule has 2 unspecified atom stereocenters. The van der Waals surface area contributed by atoms with Gasteiger partial charge in [0.05, 0.1) is 25.1 Å². The SMILES string of the molecule is O=C1C2CCCCC2N(C(=O)OCC2CCCCC2)N1C/C=C/C1CCCCC1. The predicted octanol–water partition coefficient (Wildman–Crippen LogP) is 5.46. The molecule has 5 heteroatoms. The molecule has 0 radical (unpaired) electrons. The van der Waals surface area contributed by atoms with E-state index in [9.17, 15) is 9.59 Å². The summed E-state index contributed by atoms with van der Waals surface area (Å²) in [5.41, 5.74) is 0. The molecule has 0 spiro atoms. The van der Waals surface area contributed by atoms with Gasteiger partial charge in [0.1, 0.15) is 0 Å². The highest BCUT2D eigenvalue weighted by Gasteiger charge is 2.49. The van der Waals surface area contributed by atoms with Crippen LogP contribution in [0, 0.1) is 17.8 Å². The van der Waals surface area contributed by atoms with Gasteiger partial charge < -0.3 is 4.74 Å². The molecule has 0 aromatic rings. The molecule has 0 aromatic heterocycles. The predicted molar refractivity (Wildman–Crippen MR) is 113 cm³/mol. The van der Waals surface area contributed by atoms with E-state index in [0.717, 1.165) is 38.5 Å². The van der Waals surface area contributed by atoms with Crippen molar-refractivity contribution in [2.45, 2.75) is 95.9 Å². The molecule has 4 aliphatic rings. The van der Waals surface area contributed by atoms with Crippen molar-refractivity contribution >= 4 is 12.0 Å². The van der Waals surface area contributed by atoms with E-state index in [0.29, 0.717) is 25.0 Å². The van der Waals surface area contributed by atoms with Crippen LogP contribution in [0.1, 0.15) is 89.9 Å². The lowest BCUT2D eigenvalue weighted by Crippen LogP contribution is -2.47. The zero-order valence-corrected chi connectivity index (χ0v) is 17.9. The molecule has 0 N–H and O–H groups in total. The van der Waals surface area contributed by atoms with Crippen LogP contribution in [0.2, 0.25) is 0 Å². The molecule has 0 aromatic carbocycles. The first-order valence-electron chi connectivity index (χ1n) is 12.2. The van der Waals surface area contributed by atoms with Crippen LogP contribution in [0.15, 0.2) is 12.2 Å². The fraction of sp³-hybridized carbons (Fsp3) is 0.833. The van der Waals surface area contributed by atoms with Gasteiger partial charge in [-0.05, 0) is 50.4 Å². The Kier molecular flexibility index (Phi) is 7.15. The highest BCUT2D eigenvalue weighted by molar-refractivity contribution is 5.86. The minimum atomic E-state index is -0.301. The van der Waals surface area contributed by atoms with Gasteiger partial charge in [0.25, 0.3) is 0 Å². The Hall–Kier alpha value is -1.52. The molecule has 1 aliphatic heterocycles. The van der Waals surface area contributed by atoms with Crippen LogP contribution in [0.4, 0.5) is 4.79 Å². The summed E-state index contributed by atoms with van der Waals surface area (Å²) in [6, 6.07) is -0.00168. The minimum absolute atomic E-state index is 0.00168. The zero-order valence-electron chi connectivity index (χ0n) is 17.9. The highest BCUT2D eigenvalue weighted by atomic mass is 16.6. The average Bonchev–Trinajstić information content (AvgIpc) is 3.06. The fourth-order valence-corrected chi connectivity index (χ4v) is 5.87. The topological polar surface area (TPSA) is 49.9 Å². The quantitative estimate of drug-likeness (QED) is 0.574. The van der Waals surface area contributed by atoms with Gasteiger partial charge in [-0.1, -0.05) is 63.5 Å². The molecule has 3 aliphatic carbocycles. The molecule has 3 saturated carbocycles. The van der Waals surface area contributed by atoms with Crippen LogP contribution in [-0.2, 0) is 9.53 Å². The maximum absolute atomic E-state index is 13.1. The number of nitrogens with zero attached hydrogens (tertiary/aromatic N) is 2. The van der Waals surface area contributed by atoms with Crippen LogP contribution >= 0.6 is 0 Å². The third kappa shape index (κ3) is 4.97. The third-order valence-electron chi connectivity index (χ3n) is 7.57. The standard InChI is InChI=1S/C24H38N2O3/c27-23-21-15-7-8-16-22(21)26(24(28)29-18-20-12-5-2-6-13-20)25(23)17-9-14-19-10-3-1-4-11-19/h9,14,19-22H,1-8,10-13,15-18H2/b14-9+. The molecule has 2 amide bonds. The van der Waals surface area contributed by atoms with Crippen molar-refractivity contribution in [3.05, 3.63) is 12.2 Å². The normalized spacial score (nSPS) is 29.4. The van der Waals surface area contributed by atoms with Gasteiger partial charge in [-0.3, -0.25) is 4.79 Å². The maximum atomic E-state index is 13.1. The van der Waals surface area contributed by atoms with E-state index < -0.39 is 0 Å². The molecule has 5 nitrogen and oxygen atoms in total. The number of hydrogen-bond donors (Lipinski definition) is 0. The highest BCUT2D eigenvalue weighted by Crippen LogP contribution is 2.37. The molecule has 162 valence electrons. The number of allylic oxidation sites excluding steroid dienone is 1. The van der Waals surface area contributed by atoms with Crippen molar-refractivity contribution in [2.24, 2.45) is 17.8 Å². The molecule has 2 atom stereocenters. The van der Waals surface area contributed by atoms with Crippen LogP contribution in [0.5, 0.6) is 0 Å². The zero-order chi connectivity index (χ0) is 20.1. The van der Waals surface area contributed by atoms with Gasteiger partial charge >= 0.3 is 6.09 Å². The smallest absolute Gasteiger partial charge is 0.429 e. The van der Waals surface area contributed by atoms with Gasteiger partial charge in [-0.25, -0.2) is 14.8 Å². The van der Waals surface area contributed by atoms with Crippen molar-refractivity contribution < 1.29 is 14.3 Å². The van der Waals surface area contributed by atoms with Crippen LogP contribution in [0.3, 0.4) is 0 Å². The second-order valence-electron chi connectivity index (χ2n) is 9.63. The van der Waals surface area contributed by atoms with Crippen molar-refractivity contribution in [3.8, 4) is 0 Å². The number of hydrogen-bond acceptors (Lipinski definition) is 3. The van der Waals surface area contributed by atoms with E-state index in [2.05, 4.69) is 12.2 Å². The summed E-state index contributed by atoms with van der Waals surface area (Å²) in [6.45, 7) is 1.01. The van der Waals surface area contributed by atoms with Crippen molar-refractivity contribution in [3.63, 3.8) is 0 Å². The van der Waals surface area contributed by atoms with Crippen LogP contribution < -0.4 is 0 Å². The average molecular weight is 403 g/mol. The Morgan fingerprint density at radius 2 is 1.55 bits per heavy atom. The molecular weight excluding hydrogens is 364 g/mol. The number of fused-ring (bicyclic) bond motifs is 1. The largest absolute Gasteiger partial charge is 0.448 e. The van der Waals surface area contributed by atoms with Gasteiger partial charge in [0, 0.05) is 0 Å². The number of hydrazine groups is 1. The Morgan fingerprint density at radius 1 is 0.897 bits per heavy atom. The molecule has 1 saturated heterocycles. The molecular formula is C24H38N2O3. The Balaban J connectivity index is 1.39. The minimum Gasteiger partial charge on any atom is -0.448 e. The van der Waals surface area contributed by atoms with Gasteiger partial charge in [0.2, 0.25) is 5.91 Å². The molecule has 4 fully saturated rings. The second kappa shape index (κ2) is 9.99. The molecule has 0 bridgehead atoms.